The Balaban J connectivity index is 2.45. The van der Waals surface area contributed by atoms with E-state index in [1.807, 2.05) is 13.8 Å². The third kappa shape index (κ3) is 3.26. The normalized spacial score (nSPS) is 10.3. The Morgan fingerprint density at radius 3 is 2.52 bits per heavy atom. The highest BCUT2D eigenvalue weighted by atomic mass is 79.9. The Bertz CT molecular complexity index is 684. The highest BCUT2D eigenvalue weighted by Crippen LogP contribution is 2.32. The number of anilines is 1. The van der Waals surface area contributed by atoms with Crippen LogP contribution in [0, 0.1) is 24.0 Å². The molecule has 1 aromatic carbocycles. The zero-order chi connectivity index (χ0) is 15.6. The van der Waals surface area contributed by atoms with E-state index in [0.29, 0.717) is 5.75 Å². The van der Waals surface area contributed by atoms with E-state index in [2.05, 4.69) is 31.3 Å². The number of nitrogens with one attached hydrogen (secondary N) is 1. The van der Waals surface area contributed by atoms with Crippen molar-refractivity contribution < 1.29 is 9.66 Å². The van der Waals surface area contributed by atoms with Gasteiger partial charge in [0.25, 0.3) is 0 Å². The molecule has 8 nitrogen and oxygen atoms in total. The number of nitro groups is 1. The van der Waals surface area contributed by atoms with Crippen LogP contribution in [0.2, 0.25) is 0 Å². The van der Waals surface area contributed by atoms with Crippen molar-refractivity contribution in [2.45, 2.75) is 13.8 Å². The standard InChI is InChI=1S/C12H12BrN5O3/c1-6-3-8(4-7(2)10(6)13)21-11-9(18(19)20)5-15-12(16-11)17-14/h3-5H,14H2,1-2H3,(H,15,16,17). The lowest BCUT2D eigenvalue weighted by atomic mass is 10.1. The molecule has 0 atom stereocenters. The summed E-state index contributed by atoms with van der Waals surface area (Å²) in [6.07, 6.45) is 1.04. The van der Waals surface area contributed by atoms with Crippen molar-refractivity contribution in [1.29, 1.82) is 0 Å². The number of halogens is 1. The van der Waals surface area contributed by atoms with Crippen LogP contribution >= 0.6 is 15.9 Å². The number of benzene rings is 1. The fourth-order valence-electron chi connectivity index (χ4n) is 1.71. The molecule has 1 aromatic heterocycles. The molecule has 21 heavy (non-hydrogen) atoms. The molecule has 0 saturated carbocycles. The predicted molar refractivity (Wildman–Crippen MR) is 80.2 cm³/mol. The Labute approximate surface area is 128 Å². The van der Waals surface area contributed by atoms with E-state index >= 15 is 0 Å². The monoisotopic (exact) mass is 353 g/mol. The maximum atomic E-state index is 11.0. The average molecular weight is 354 g/mol. The van der Waals surface area contributed by atoms with Crippen LogP contribution in [0.15, 0.2) is 22.8 Å². The first-order valence-electron chi connectivity index (χ1n) is 5.85. The molecule has 3 N–H and O–H groups in total. The maximum absolute atomic E-state index is 11.0. The van der Waals surface area contributed by atoms with Crippen molar-refractivity contribution in [1.82, 2.24) is 9.97 Å². The Morgan fingerprint density at radius 2 is 2.00 bits per heavy atom. The number of hydrogen-bond acceptors (Lipinski definition) is 7. The lowest BCUT2D eigenvalue weighted by molar-refractivity contribution is -0.386. The second-order valence-corrected chi connectivity index (χ2v) is 5.05. The molecular weight excluding hydrogens is 342 g/mol. The first kappa shape index (κ1) is 15.1. The van der Waals surface area contributed by atoms with Gasteiger partial charge in [-0.2, -0.15) is 4.98 Å². The number of rotatable bonds is 4. The molecule has 9 heteroatoms. The maximum Gasteiger partial charge on any atom is 0.349 e. The number of aryl methyl sites for hydroxylation is 2. The van der Waals surface area contributed by atoms with Gasteiger partial charge in [0.1, 0.15) is 11.9 Å². The molecule has 0 saturated heterocycles. The average Bonchev–Trinajstić information content (AvgIpc) is 2.44. The molecule has 2 aromatic rings. The zero-order valence-corrected chi connectivity index (χ0v) is 12.8. The van der Waals surface area contributed by atoms with E-state index in [0.717, 1.165) is 21.8 Å². The van der Waals surface area contributed by atoms with Crippen LogP contribution in [0.4, 0.5) is 11.6 Å². The number of aromatic nitrogens is 2. The van der Waals surface area contributed by atoms with Gasteiger partial charge in [-0.1, -0.05) is 15.9 Å². The van der Waals surface area contributed by atoms with Gasteiger partial charge in [0, 0.05) is 4.47 Å². The van der Waals surface area contributed by atoms with Crippen molar-refractivity contribution in [2.75, 3.05) is 5.43 Å². The van der Waals surface area contributed by atoms with E-state index in [1.54, 1.807) is 12.1 Å². The molecule has 0 aliphatic rings. The summed E-state index contributed by atoms with van der Waals surface area (Å²) in [6, 6.07) is 3.50. The Hall–Kier alpha value is -2.26. The lowest BCUT2D eigenvalue weighted by Gasteiger charge is -2.09. The van der Waals surface area contributed by atoms with Crippen LogP contribution in [-0.2, 0) is 0 Å². The van der Waals surface area contributed by atoms with Crippen LogP contribution in [0.5, 0.6) is 11.6 Å². The van der Waals surface area contributed by atoms with E-state index in [4.69, 9.17) is 10.6 Å². The van der Waals surface area contributed by atoms with Gasteiger partial charge >= 0.3 is 11.6 Å². The second-order valence-electron chi connectivity index (χ2n) is 4.26. The summed E-state index contributed by atoms with van der Waals surface area (Å²) in [7, 11) is 0. The number of nitrogens with two attached hydrogens (primary N) is 1. The number of hydrazine groups is 1. The van der Waals surface area contributed by atoms with Gasteiger partial charge in [-0.15, -0.1) is 0 Å². The summed E-state index contributed by atoms with van der Waals surface area (Å²) in [5.41, 5.74) is 3.77. The van der Waals surface area contributed by atoms with Crippen molar-refractivity contribution in [2.24, 2.45) is 5.84 Å². The molecule has 1 heterocycles. The second kappa shape index (κ2) is 6.02. The molecule has 0 radical (unpaired) electrons. The summed E-state index contributed by atoms with van der Waals surface area (Å²) >= 11 is 3.44. The smallest absolute Gasteiger partial charge is 0.349 e. The molecule has 0 unspecified atom stereocenters. The van der Waals surface area contributed by atoms with Gasteiger partial charge in [0.2, 0.25) is 5.95 Å². The van der Waals surface area contributed by atoms with Gasteiger partial charge in [-0.3, -0.25) is 15.5 Å². The summed E-state index contributed by atoms with van der Waals surface area (Å²) in [6.45, 7) is 3.79. The lowest BCUT2D eigenvalue weighted by Crippen LogP contribution is -2.11. The van der Waals surface area contributed by atoms with Gasteiger partial charge in [-0.25, -0.2) is 10.8 Å². The summed E-state index contributed by atoms with van der Waals surface area (Å²) < 4.78 is 6.48. The number of nitrogens with zero attached hydrogens (tertiary/aromatic N) is 3. The molecule has 110 valence electrons. The van der Waals surface area contributed by atoms with Crippen LogP contribution in [0.1, 0.15) is 11.1 Å². The number of ether oxygens (including phenoxy) is 1. The minimum atomic E-state index is -0.617. The van der Waals surface area contributed by atoms with E-state index < -0.39 is 4.92 Å². The number of nitrogen functional groups attached to an aromatic ring is 1. The van der Waals surface area contributed by atoms with Gasteiger partial charge < -0.3 is 4.74 Å². The highest BCUT2D eigenvalue weighted by molar-refractivity contribution is 9.10. The van der Waals surface area contributed by atoms with E-state index in [1.165, 1.54) is 0 Å². The molecule has 2 rings (SSSR count). The van der Waals surface area contributed by atoms with Crippen molar-refractivity contribution in [3.05, 3.63) is 44.0 Å². The molecule has 0 spiro atoms. The molecule has 0 bridgehead atoms. The Morgan fingerprint density at radius 1 is 1.38 bits per heavy atom. The first-order valence-corrected chi connectivity index (χ1v) is 6.64. The van der Waals surface area contributed by atoms with E-state index in [9.17, 15) is 10.1 Å². The van der Waals surface area contributed by atoms with Crippen molar-refractivity contribution in [3.63, 3.8) is 0 Å². The first-order chi connectivity index (χ1) is 9.92. The van der Waals surface area contributed by atoms with Gasteiger partial charge in [-0.05, 0) is 37.1 Å². The Kier molecular flexibility index (Phi) is 4.34. The summed E-state index contributed by atoms with van der Waals surface area (Å²) in [4.78, 5) is 17.9. The quantitative estimate of drug-likeness (QED) is 0.493. The van der Waals surface area contributed by atoms with Gasteiger partial charge in [0.15, 0.2) is 0 Å². The van der Waals surface area contributed by atoms with Crippen LogP contribution in [0.3, 0.4) is 0 Å². The van der Waals surface area contributed by atoms with Crippen molar-refractivity contribution >= 4 is 27.6 Å². The number of hydrogen-bond donors (Lipinski definition) is 2. The minimum absolute atomic E-state index is 0.0288. The fourth-order valence-corrected chi connectivity index (χ4v) is 1.94. The predicted octanol–water partition coefficient (Wildman–Crippen LogP) is 2.84. The summed E-state index contributed by atoms with van der Waals surface area (Å²) in [5, 5.41) is 11.0. The van der Waals surface area contributed by atoms with Crippen LogP contribution in [-0.4, -0.2) is 14.9 Å². The van der Waals surface area contributed by atoms with Gasteiger partial charge in [0.05, 0.1) is 4.92 Å². The molecular formula is C12H12BrN5O3. The zero-order valence-electron chi connectivity index (χ0n) is 11.3. The molecule has 0 aliphatic carbocycles. The third-order valence-electron chi connectivity index (χ3n) is 2.69. The minimum Gasteiger partial charge on any atom is -0.434 e. The van der Waals surface area contributed by atoms with E-state index in [-0.39, 0.29) is 17.5 Å². The SMILES string of the molecule is Cc1cc(Oc2nc(NN)ncc2[N+](=O)[O-])cc(C)c1Br. The summed E-state index contributed by atoms with van der Waals surface area (Å²) in [5.74, 6) is 5.49. The fraction of sp³-hybridized carbons (Fsp3) is 0.167. The molecule has 0 fully saturated rings. The third-order valence-corrected chi connectivity index (χ3v) is 3.94. The largest absolute Gasteiger partial charge is 0.434 e. The molecule has 0 amide bonds. The highest BCUT2D eigenvalue weighted by Gasteiger charge is 2.20. The topological polar surface area (TPSA) is 116 Å². The van der Waals surface area contributed by atoms with Crippen LogP contribution in [0.25, 0.3) is 0 Å². The van der Waals surface area contributed by atoms with Crippen molar-refractivity contribution in [3.8, 4) is 11.6 Å². The van der Waals surface area contributed by atoms with Crippen LogP contribution < -0.4 is 16.0 Å². The molecule has 0 aliphatic heterocycles.